The van der Waals surface area contributed by atoms with Crippen molar-refractivity contribution in [1.82, 2.24) is 4.98 Å². The molecule has 0 aliphatic carbocycles. The topological polar surface area (TPSA) is 45.6 Å². The lowest BCUT2D eigenvalue weighted by atomic mass is 10.2. The van der Waals surface area contributed by atoms with E-state index in [1.807, 2.05) is 19.1 Å². The summed E-state index contributed by atoms with van der Waals surface area (Å²) in [4.78, 5) is 6.42. The monoisotopic (exact) mass is 224 g/mol. The fourth-order valence-electron chi connectivity index (χ4n) is 1.57. The Kier molecular flexibility index (Phi) is 5.82. The van der Waals surface area contributed by atoms with Gasteiger partial charge in [0, 0.05) is 31.5 Å². The minimum Gasteiger partial charge on any atom is -0.392 e. The number of hydrogen-bond donors (Lipinski definition) is 1. The summed E-state index contributed by atoms with van der Waals surface area (Å²) in [5.41, 5.74) is 0.862. The molecule has 0 saturated heterocycles. The fraction of sp³-hybridized carbons (Fsp3) is 0.583. The van der Waals surface area contributed by atoms with Crippen molar-refractivity contribution in [3.63, 3.8) is 0 Å². The van der Waals surface area contributed by atoms with Gasteiger partial charge in [-0.05, 0) is 19.9 Å². The molecule has 1 aromatic heterocycles. The number of anilines is 1. The molecule has 0 aromatic carbocycles. The van der Waals surface area contributed by atoms with E-state index in [4.69, 9.17) is 4.74 Å². The van der Waals surface area contributed by atoms with Crippen molar-refractivity contribution < 1.29 is 9.84 Å². The molecule has 1 heterocycles. The van der Waals surface area contributed by atoms with E-state index in [-0.39, 0.29) is 6.61 Å². The molecule has 0 spiro atoms. The molecule has 0 radical (unpaired) electrons. The van der Waals surface area contributed by atoms with Gasteiger partial charge in [0.2, 0.25) is 0 Å². The van der Waals surface area contributed by atoms with Crippen LogP contribution in [-0.4, -0.2) is 36.4 Å². The summed E-state index contributed by atoms with van der Waals surface area (Å²) in [6, 6.07) is 3.73. The Hall–Kier alpha value is -1.13. The number of aliphatic hydroxyl groups is 1. The maximum Gasteiger partial charge on any atom is 0.134 e. The molecule has 0 saturated carbocycles. The third-order valence-corrected chi connectivity index (χ3v) is 2.43. The molecular weight excluding hydrogens is 204 g/mol. The van der Waals surface area contributed by atoms with E-state index in [0.717, 1.165) is 31.1 Å². The Morgan fingerprint density at radius 2 is 2.25 bits per heavy atom. The quantitative estimate of drug-likeness (QED) is 0.712. The Labute approximate surface area is 96.9 Å². The first-order valence-corrected chi connectivity index (χ1v) is 5.70. The predicted octanol–water partition coefficient (Wildman–Crippen LogP) is 1.44. The smallest absolute Gasteiger partial charge is 0.134 e. The number of likely N-dealkylation sites (N-methyl/N-ethyl adjacent to an activating group) is 1. The third kappa shape index (κ3) is 3.47. The van der Waals surface area contributed by atoms with Gasteiger partial charge >= 0.3 is 0 Å². The van der Waals surface area contributed by atoms with E-state index < -0.39 is 0 Å². The largest absolute Gasteiger partial charge is 0.392 e. The van der Waals surface area contributed by atoms with Crippen molar-refractivity contribution in [1.29, 1.82) is 0 Å². The highest BCUT2D eigenvalue weighted by atomic mass is 16.5. The SMILES string of the molecule is CCOCCN(CC)c1ncccc1CO. The zero-order valence-corrected chi connectivity index (χ0v) is 10.0. The molecule has 0 atom stereocenters. The standard InChI is InChI=1S/C12H20N2O2/c1-3-14(8-9-16-4-2)12-11(10-15)6-5-7-13-12/h5-7,15H,3-4,8-10H2,1-2H3. The van der Waals surface area contributed by atoms with E-state index in [1.54, 1.807) is 6.20 Å². The van der Waals surface area contributed by atoms with E-state index in [9.17, 15) is 5.11 Å². The van der Waals surface area contributed by atoms with Crippen molar-refractivity contribution in [2.45, 2.75) is 20.5 Å². The molecule has 4 heteroatoms. The van der Waals surface area contributed by atoms with Gasteiger partial charge < -0.3 is 14.7 Å². The molecule has 1 rings (SSSR count). The Morgan fingerprint density at radius 1 is 1.44 bits per heavy atom. The number of aromatic nitrogens is 1. The maximum atomic E-state index is 9.24. The highest BCUT2D eigenvalue weighted by Crippen LogP contribution is 2.16. The van der Waals surface area contributed by atoms with E-state index in [2.05, 4.69) is 16.8 Å². The molecule has 0 amide bonds. The van der Waals surface area contributed by atoms with Crippen molar-refractivity contribution >= 4 is 5.82 Å². The first-order chi connectivity index (χ1) is 7.83. The fourth-order valence-corrected chi connectivity index (χ4v) is 1.57. The molecule has 4 nitrogen and oxygen atoms in total. The first-order valence-electron chi connectivity index (χ1n) is 5.70. The third-order valence-electron chi connectivity index (χ3n) is 2.43. The molecule has 0 bridgehead atoms. The highest BCUT2D eigenvalue weighted by Gasteiger charge is 2.09. The van der Waals surface area contributed by atoms with E-state index >= 15 is 0 Å². The Balaban J connectivity index is 2.69. The van der Waals surface area contributed by atoms with Gasteiger partial charge in [-0.15, -0.1) is 0 Å². The second-order valence-corrected chi connectivity index (χ2v) is 3.42. The second kappa shape index (κ2) is 7.19. The number of aliphatic hydroxyl groups excluding tert-OH is 1. The molecule has 0 unspecified atom stereocenters. The molecule has 16 heavy (non-hydrogen) atoms. The van der Waals surface area contributed by atoms with Crippen LogP contribution >= 0.6 is 0 Å². The Bertz CT molecular complexity index is 305. The van der Waals surface area contributed by atoms with Crippen LogP contribution in [0.3, 0.4) is 0 Å². The van der Waals surface area contributed by atoms with Gasteiger partial charge in [0.05, 0.1) is 13.2 Å². The van der Waals surface area contributed by atoms with Crippen LogP contribution in [0.1, 0.15) is 19.4 Å². The molecule has 0 fully saturated rings. The lowest BCUT2D eigenvalue weighted by molar-refractivity contribution is 0.154. The lowest BCUT2D eigenvalue weighted by Gasteiger charge is -2.23. The summed E-state index contributed by atoms with van der Waals surface area (Å²) in [5.74, 6) is 0.854. The van der Waals surface area contributed by atoms with Gasteiger partial charge in [-0.2, -0.15) is 0 Å². The molecule has 1 aromatic rings. The number of nitrogens with zero attached hydrogens (tertiary/aromatic N) is 2. The van der Waals surface area contributed by atoms with Crippen LogP contribution in [0.2, 0.25) is 0 Å². The van der Waals surface area contributed by atoms with Crippen LogP contribution in [0.4, 0.5) is 5.82 Å². The van der Waals surface area contributed by atoms with Crippen molar-refractivity contribution in [3.05, 3.63) is 23.9 Å². The van der Waals surface area contributed by atoms with Crippen LogP contribution in [-0.2, 0) is 11.3 Å². The summed E-state index contributed by atoms with van der Waals surface area (Å²) in [5, 5.41) is 9.24. The lowest BCUT2D eigenvalue weighted by Crippen LogP contribution is -2.29. The van der Waals surface area contributed by atoms with E-state index in [0.29, 0.717) is 6.61 Å². The van der Waals surface area contributed by atoms with Gasteiger partial charge in [-0.25, -0.2) is 4.98 Å². The number of rotatable bonds is 7. The van der Waals surface area contributed by atoms with Crippen LogP contribution in [0.5, 0.6) is 0 Å². The van der Waals surface area contributed by atoms with Crippen molar-refractivity contribution in [3.8, 4) is 0 Å². The molecule has 0 aliphatic rings. The number of hydrogen-bond acceptors (Lipinski definition) is 4. The highest BCUT2D eigenvalue weighted by molar-refractivity contribution is 5.46. The molecule has 90 valence electrons. The summed E-state index contributed by atoms with van der Waals surface area (Å²) < 4.78 is 5.33. The molecule has 1 N–H and O–H groups in total. The molecule has 0 aliphatic heterocycles. The van der Waals surface area contributed by atoms with Gasteiger partial charge in [-0.3, -0.25) is 0 Å². The maximum absolute atomic E-state index is 9.24. The summed E-state index contributed by atoms with van der Waals surface area (Å²) >= 11 is 0. The minimum absolute atomic E-state index is 0.0221. The van der Waals surface area contributed by atoms with Crippen LogP contribution in [0, 0.1) is 0 Å². The zero-order chi connectivity index (χ0) is 11.8. The van der Waals surface area contributed by atoms with E-state index in [1.165, 1.54) is 0 Å². The summed E-state index contributed by atoms with van der Waals surface area (Å²) in [7, 11) is 0. The average molecular weight is 224 g/mol. The van der Waals surface area contributed by atoms with Crippen molar-refractivity contribution in [2.75, 3.05) is 31.2 Å². The second-order valence-electron chi connectivity index (χ2n) is 3.42. The van der Waals surface area contributed by atoms with Gasteiger partial charge in [0.15, 0.2) is 0 Å². The van der Waals surface area contributed by atoms with Crippen LogP contribution in [0.15, 0.2) is 18.3 Å². The molecular formula is C12H20N2O2. The number of pyridine rings is 1. The summed E-state index contributed by atoms with van der Waals surface area (Å²) in [6.45, 7) is 7.15. The first kappa shape index (κ1) is 12.9. The van der Waals surface area contributed by atoms with Crippen LogP contribution < -0.4 is 4.90 Å². The normalized spacial score (nSPS) is 10.4. The van der Waals surface area contributed by atoms with Crippen LogP contribution in [0.25, 0.3) is 0 Å². The van der Waals surface area contributed by atoms with Gasteiger partial charge in [0.25, 0.3) is 0 Å². The summed E-state index contributed by atoms with van der Waals surface area (Å²) in [6.07, 6.45) is 1.75. The average Bonchev–Trinajstić information content (AvgIpc) is 2.35. The Morgan fingerprint density at radius 3 is 2.88 bits per heavy atom. The van der Waals surface area contributed by atoms with Crippen molar-refractivity contribution in [2.24, 2.45) is 0 Å². The zero-order valence-electron chi connectivity index (χ0n) is 10.0. The van der Waals surface area contributed by atoms with Gasteiger partial charge in [-0.1, -0.05) is 6.07 Å². The number of ether oxygens (including phenoxy) is 1. The minimum atomic E-state index is 0.0221. The predicted molar refractivity (Wildman–Crippen MR) is 64.5 cm³/mol. The van der Waals surface area contributed by atoms with Gasteiger partial charge in [0.1, 0.15) is 5.82 Å².